The molecule has 2 rings (SSSR count). The number of likely N-dealkylation sites (N-methyl/N-ethyl adjacent to an activating group) is 1. The van der Waals surface area contributed by atoms with Gasteiger partial charge in [0.2, 0.25) is 0 Å². The maximum Gasteiger partial charge on any atom is 0.0486 e. The lowest BCUT2D eigenvalue weighted by molar-refractivity contribution is 0.241. The van der Waals surface area contributed by atoms with Gasteiger partial charge in [-0.1, -0.05) is 0 Å². The Bertz CT molecular complexity index is 487. The number of pyridine rings is 1. The van der Waals surface area contributed by atoms with E-state index in [1.807, 2.05) is 6.20 Å². The molecule has 2 N–H and O–H groups in total. The molecule has 3 nitrogen and oxygen atoms in total. The summed E-state index contributed by atoms with van der Waals surface area (Å²) in [7, 11) is 2.09. The van der Waals surface area contributed by atoms with Crippen LogP contribution < -0.4 is 5.73 Å². The van der Waals surface area contributed by atoms with Crippen molar-refractivity contribution in [3.63, 3.8) is 0 Å². The van der Waals surface area contributed by atoms with Gasteiger partial charge in [0.1, 0.15) is 0 Å². The molecule has 96 valence electrons. The Kier molecular flexibility index (Phi) is 4.88. The van der Waals surface area contributed by atoms with Crippen LogP contribution in [0.4, 0.5) is 0 Å². The monoisotopic (exact) mass is 325 g/mol. The zero-order valence-corrected chi connectivity index (χ0v) is 12.6. The van der Waals surface area contributed by atoms with Crippen LogP contribution in [-0.2, 0) is 6.54 Å². The first-order valence-electron chi connectivity index (χ1n) is 5.72. The fraction of sp³-hybridized carbons (Fsp3) is 0.308. The highest BCUT2D eigenvalue weighted by Gasteiger charge is 2.16. The minimum Gasteiger partial charge on any atom is -0.329 e. The van der Waals surface area contributed by atoms with Gasteiger partial charge in [0.05, 0.1) is 0 Å². The van der Waals surface area contributed by atoms with Crippen LogP contribution in [0.1, 0.15) is 17.2 Å². The molecular weight excluding hydrogens is 310 g/mol. The number of rotatable bonds is 5. The third kappa shape index (κ3) is 3.38. The predicted octanol–water partition coefficient (Wildman–Crippen LogP) is 3.04. The molecule has 0 spiro atoms. The van der Waals surface area contributed by atoms with E-state index in [1.165, 1.54) is 5.56 Å². The first-order chi connectivity index (χ1) is 8.70. The van der Waals surface area contributed by atoms with Crippen molar-refractivity contribution in [3.8, 4) is 0 Å². The molecule has 0 aromatic carbocycles. The zero-order valence-electron chi connectivity index (χ0n) is 10.2. The van der Waals surface area contributed by atoms with Crippen molar-refractivity contribution < 1.29 is 0 Å². The average molecular weight is 326 g/mol. The van der Waals surface area contributed by atoms with Gasteiger partial charge in [0, 0.05) is 36.0 Å². The van der Waals surface area contributed by atoms with E-state index in [4.69, 9.17) is 5.73 Å². The Morgan fingerprint density at radius 3 is 2.94 bits per heavy atom. The lowest BCUT2D eigenvalue weighted by Gasteiger charge is -2.26. The summed E-state index contributed by atoms with van der Waals surface area (Å²) in [6.07, 6.45) is 3.67. The number of aromatic nitrogens is 1. The lowest BCUT2D eigenvalue weighted by Crippen LogP contribution is -2.30. The van der Waals surface area contributed by atoms with Gasteiger partial charge >= 0.3 is 0 Å². The maximum absolute atomic E-state index is 5.90. The van der Waals surface area contributed by atoms with Crippen LogP contribution in [0.15, 0.2) is 39.8 Å². The average Bonchev–Trinajstić information content (AvgIpc) is 2.83. The van der Waals surface area contributed by atoms with Crippen LogP contribution in [0.25, 0.3) is 0 Å². The van der Waals surface area contributed by atoms with Gasteiger partial charge in [-0.3, -0.25) is 9.88 Å². The smallest absolute Gasteiger partial charge is 0.0486 e. The molecule has 0 saturated heterocycles. The molecule has 0 aliphatic heterocycles. The van der Waals surface area contributed by atoms with Gasteiger partial charge in [0.25, 0.3) is 0 Å². The molecule has 1 atom stereocenters. The van der Waals surface area contributed by atoms with Crippen molar-refractivity contribution in [2.45, 2.75) is 12.6 Å². The summed E-state index contributed by atoms with van der Waals surface area (Å²) in [5.74, 6) is 0. The molecule has 18 heavy (non-hydrogen) atoms. The number of halogens is 1. The molecule has 1 unspecified atom stereocenters. The number of hydrogen-bond acceptors (Lipinski definition) is 4. The van der Waals surface area contributed by atoms with Crippen molar-refractivity contribution in [1.82, 2.24) is 9.88 Å². The van der Waals surface area contributed by atoms with Crippen LogP contribution in [0.2, 0.25) is 0 Å². The van der Waals surface area contributed by atoms with Crippen LogP contribution >= 0.6 is 27.3 Å². The van der Waals surface area contributed by atoms with Crippen LogP contribution in [-0.4, -0.2) is 23.5 Å². The number of hydrogen-bond donors (Lipinski definition) is 1. The van der Waals surface area contributed by atoms with Gasteiger partial charge in [-0.05, 0) is 57.0 Å². The lowest BCUT2D eigenvalue weighted by atomic mass is 10.1. The summed E-state index contributed by atoms with van der Waals surface area (Å²) in [5, 5.41) is 4.27. The van der Waals surface area contributed by atoms with Crippen molar-refractivity contribution in [1.29, 1.82) is 0 Å². The molecule has 2 heterocycles. The molecule has 0 saturated carbocycles. The summed E-state index contributed by atoms with van der Waals surface area (Å²) >= 11 is 5.17. The fourth-order valence-electron chi connectivity index (χ4n) is 1.96. The summed E-state index contributed by atoms with van der Waals surface area (Å²) in [4.78, 5) is 6.46. The van der Waals surface area contributed by atoms with E-state index in [0.717, 1.165) is 16.6 Å². The molecule has 0 amide bonds. The summed E-state index contributed by atoms with van der Waals surface area (Å²) in [5.41, 5.74) is 8.37. The zero-order chi connectivity index (χ0) is 13.0. The van der Waals surface area contributed by atoms with Gasteiger partial charge in [-0.15, -0.1) is 0 Å². The number of nitrogens with two attached hydrogens (primary N) is 1. The molecule has 2 aromatic heterocycles. The molecule has 0 aliphatic rings. The minimum atomic E-state index is 0.190. The van der Waals surface area contributed by atoms with E-state index in [-0.39, 0.29) is 6.04 Å². The second-order valence-corrected chi connectivity index (χ2v) is 5.93. The molecule has 0 aliphatic carbocycles. The Hall–Kier alpha value is -0.750. The number of nitrogens with zero attached hydrogens (tertiary/aromatic N) is 2. The largest absolute Gasteiger partial charge is 0.329 e. The van der Waals surface area contributed by atoms with Gasteiger partial charge in [-0.2, -0.15) is 11.3 Å². The molecule has 0 bridgehead atoms. The maximum atomic E-state index is 5.90. The molecular formula is C13H16BrN3S. The predicted molar refractivity (Wildman–Crippen MR) is 79.5 cm³/mol. The van der Waals surface area contributed by atoms with Gasteiger partial charge < -0.3 is 5.73 Å². The van der Waals surface area contributed by atoms with Crippen molar-refractivity contribution >= 4 is 27.3 Å². The van der Waals surface area contributed by atoms with Crippen LogP contribution in [0, 0.1) is 0 Å². The summed E-state index contributed by atoms with van der Waals surface area (Å²) in [6.45, 7) is 1.48. The van der Waals surface area contributed by atoms with Crippen molar-refractivity contribution in [3.05, 3.63) is 50.9 Å². The second-order valence-electron chi connectivity index (χ2n) is 4.23. The Balaban J connectivity index is 2.12. The van der Waals surface area contributed by atoms with E-state index in [0.29, 0.717) is 6.54 Å². The van der Waals surface area contributed by atoms with E-state index in [2.05, 4.69) is 55.8 Å². The second kappa shape index (κ2) is 6.43. The highest BCUT2D eigenvalue weighted by molar-refractivity contribution is 9.10. The first-order valence-corrected chi connectivity index (χ1v) is 7.46. The molecule has 0 radical (unpaired) electrons. The minimum absolute atomic E-state index is 0.190. The summed E-state index contributed by atoms with van der Waals surface area (Å²) < 4.78 is 0.988. The van der Waals surface area contributed by atoms with E-state index in [1.54, 1.807) is 17.5 Å². The van der Waals surface area contributed by atoms with Crippen molar-refractivity contribution in [2.24, 2.45) is 5.73 Å². The summed E-state index contributed by atoms with van der Waals surface area (Å²) in [6, 6.07) is 4.41. The van der Waals surface area contributed by atoms with E-state index < -0.39 is 0 Å². The highest BCUT2D eigenvalue weighted by Crippen LogP contribution is 2.22. The Labute approximate surface area is 120 Å². The Morgan fingerprint density at radius 1 is 1.50 bits per heavy atom. The third-order valence-electron chi connectivity index (χ3n) is 2.88. The Morgan fingerprint density at radius 2 is 2.33 bits per heavy atom. The van der Waals surface area contributed by atoms with Crippen molar-refractivity contribution in [2.75, 3.05) is 13.6 Å². The standard InChI is InChI=1S/C13H16BrN3S/c1-17(8-10-2-3-18-9-10)13(5-15)11-4-12(14)7-16-6-11/h2-4,6-7,9,13H,5,8,15H2,1H3. The van der Waals surface area contributed by atoms with Crippen LogP contribution in [0.3, 0.4) is 0 Å². The molecule has 0 fully saturated rings. The van der Waals surface area contributed by atoms with E-state index in [9.17, 15) is 0 Å². The third-order valence-corrected chi connectivity index (χ3v) is 4.04. The van der Waals surface area contributed by atoms with Gasteiger partial charge in [0.15, 0.2) is 0 Å². The highest BCUT2D eigenvalue weighted by atomic mass is 79.9. The number of thiophene rings is 1. The quantitative estimate of drug-likeness (QED) is 0.918. The SMILES string of the molecule is CN(Cc1ccsc1)C(CN)c1cncc(Br)c1. The van der Waals surface area contributed by atoms with E-state index >= 15 is 0 Å². The topological polar surface area (TPSA) is 42.1 Å². The molecule has 2 aromatic rings. The first kappa shape index (κ1) is 13.7. The fourth-order valence-corrected chi connectivity index (χ4v) is 3.00. The normalized spacial score (nSPS) is 12.9. The molecule has 5 heteroatoms. The van der Waals surface area contributed by atoms with Crippen LogP contribution in [0.5, 0.6) is 0 Å². The van der Waals surface area contributed by atoms with Gasteiger partial charge in [-0.25, -0.2) is 0 Å².